The number of aliphatic hydroxyl groups excluding tert-OH is 1. The van der Waals surface area contributed by atoms with Crippen LogP contribution in [-0.4, -0.2) is 22.7 Å². The molecule has 2 aromatic rings. The molecule has 4 heteroatoms. The number of ether oxygens (including phenoxy) is 1. The Hall–Kier alpha value is -1.84. The van der Waals surface area contributed by atoms with Gasteiger partial charge >= 0.3 is 5.43 Å². The van der Waals surface area contributed by atoms with Gasteiger partial charge in [0.05, 0.1) is 6.10 Å². The predicted octanol–water partition coefficient (Wildman–Crippen LogP) is 8.91. The Morgan fingerprint density at radius 1 is 0.757 bits per heavy atom. The van der Waals surface area contributed by atoms with Gasteiger partial charge in [0, 0.05) is 17.5 Å². The summed E-state index contributed by atoms with van der Waals surface area (Å²) in [5.74, 6) is 1.96. The molecule has 0 amide bonds. The maximum absolute atomic E-state index is 11.2. The lowest BCUT2D eigenvalue weighted by atomic mass is 9.64. The van der Waals surface area contributed by atoms with E-state index < -0.39 is 5.43 Å². The van der Waals surface area contributed by atoms with Crippen molar-refractivity contribution in [3.8, 4) is 0 Å². The minimum atomic E-state index is -0.682. The second kappa shape index (κ2) is 12.8. The Morgan fingerprint density at radius 2 is 1.19 bits per heavy atom. The maximum atomic E-state index is 11.2. The minimum absolute atomic E-state index is 0.0294. The van der Waals surface area contributed by atoms with Gasteiger partial charge in [0.2, 0.25) is 0 Å². The Morgan fingerprint density at radius 3 is 1.65 bits per heavy atom. The largest absolute Gasteiger partial charge is 0.450 e. The first kappa shape index (κ1) is 29.7. The quantitative estimate of drug-likeness (QED) is 0.395. The predicted molar refractivity (Wildman–Crippen MR) is 154 cm³/mol. The summed E-state index contributed by atoms with van der Waals surface area (Å²) in [7, 11) is 0. The van der Waals surface area contributed by atoms with E-state index in [9.17, 15) is 9.90 Å². The van der Waals surface area contributed by atoms with Crippen molar-refractivity contribution in [2.45, 2.75) is 103 Å². The van der Waals surface area contributed by atoms with Gasteiger partial charge in [-0.15, -0.1) is 0 Å². The van der Waals surface area contributed by atoms with Gasteiger partial charge in [-0.1, -0.05) is 115 Å². The molecule has 0 radical (unpaired) electrons. The lowest BCUT2D eigenvalue weighted by Crippen LogP contribution is -2.43. The summed E-state index contributed by atoms with van der Waals surface area (Å²) in [4.78, 5) is 11.2. The second-order valence-electron chi connectivity index (χ2n) is 12.7. The number of hydrogen-bond acceptors (Lipinski definition) is 3. The summed E-state index contributed by atoms with van der Waals surface area (Å²) in [6, 6.07) is 21.1. The molecular weight excluding hydrogens is 480 g/mol. The van der Waals surface area contributed by atoms with Crippen LogP contribution in [0.25, 0.3) is 0 Å². The van der Waals surface area contributed by atoms with Crippen molar-refractivity contribution in [1.82, 2.24) is 0 Å². The fourth-order valence-electron chi connectivity index (χ4n) is 6.76. The minimum Gasteiger partial charge on any atom is -0.450 e. The third-order valence-corrected chi connectivity index (χ3v) is 9.36. The molecule has 0 aromatic heterocycles. The number of aliphatic hydroxyl groups is 1. The van der Waals surface area contributed by atoms with Gasteiger partial charge in [0.1, 0.15) is 6.10 Å². The highest BCUT2D eigenvalue weighted by Gasteiger charge is 2.42. The lowest BCUT2D eigenvalue weighted by molar-refractivity contribution is 0.00742. The van der Waals surface area contributed by atoms with Crippen molar-refractivity contribution in [2.75, 3.05) is 0 Å². The zero-order valence-corrected chi connectivity index (χ0v) is 24.4. The summed E-state index contributed by atoms with van der Waals surface area (Å²) in [6.45, 7) is 13.5. The maximum Gasteiger partial charge on any atom is 0.404 e. The van der Waals surface area contributed by atoms with Crippen LogP contribution in [0, 0.1) is 23.7 Å². The van der Waals surface area contributed by atoms with E-state index in [1.165, 1.54) is 24.0 Å². The van der Waals surface area contributed by atoms with Crippen molar-refractivity contribution in [3.05, 3.63) is 71.8 Å². The molecule has 2 saturated carbocycles. The molecule has 2 aliphatic carbocycles. The van der Waals surface area contributed by atoms with Crippen LogP contribution in [0.5, 0.6) is 0 Å². The van der Waals surface area contributed by atoms with E-state index in [1.54, 1.807) is 0 Å². The van der Waals surface area contributed by atoms with E-state index >= 15 is 0 Å². The van der Waals surface area contributed by atoms with Gasteiger partial charge in [0.25, 0.3) is 0 Å². The Bertz CT molecular complexity index is 972. The lowest BCUT2D eigenvalue weighted by Gasteiger charge is -2.43. The molecule has 3 nitrogen and oxygen atoms in total. The monoisotopic (exact) mass is 526 g/mol. The van der Waals surface area contributed by atoms with Gasteiger partial charge in [-0.3, -0.25) is 0 Å². The van der Waals surface area contributed by atoms with Crippen LogP contribution < -0.4 is 0 Å². The number of rotatable bonds is 5. The summed E-state index contributed by atoms with van der Waals surface area (Å²) in [6.07, 6.45) is 6.27. The van der Waals surface area contributed by atoms with E-state index in [-0.39, 0.29) is 23.0 Å². The van der Waals surface area contributed by atoms with E-state index in [4.69, 9.17) is 16.3 Å². The average molecular weight is 527 g/mol. The summed E-state index contributed by atoms with van der Waals surface area (Å²) in [5.41, 5.74) is 1.99. The second-order valence-corrected chi connectivity index (χ2v) is 13.0. The summed E-state index contributed by atoms with van der Waals surface area (Å²) < 4.78 is 5.41. The number of halogens is 1. The van der Waals surface area contributed by atoms with Gasteiger partial charge in [-0.05, 0) is 65.4 Å². The molecule has 0 saturated heterocycles. The standard InChI is InChI=1S/C17H23ClO2.C16H24O/c1-12-9-10-14(15(11-12)20-16(18)19)17(2,3)13-7-5-4-6-8-13;1-12-9-10-14(15(17)11-12)16(2,3)13-7-5-4-6-8-13/h4-8,12,14-15H,9-11H2,1-3H3;4-8,12,14-15,17H,9-11H2,1-3H3/t2*12-,14-,15-/m11/s1. The van der Waals surface area contributed by atoms with Crippen LogP contribution in [0.3, 0.4) is 0 Å². The smallest absolute Gasteiger partial charge is 0.404 e. The van der Waals surface area contributed by atoms with E-state index in [0.717, 1.165) is 25.7 Å². The number of hydrogen-bond donors (Lipinski definition) is 1. The van der Waals surface area contributed by atoms with E-state index in [2.05, 4.69) is 96.1 Å². The van der Waals surface area contributed by atoms with Gasteiger partial charge < -0.3 is 9.84 Å². The first-order valence-corrected chi connectivity index (χ1v) is 14.5. The van der Waals surface area contributed by atoms with E-state index in [0.29, 0.717) is 23.7 Å². The molecule has 6 atom stereocenters. The van der Waals surface area contributed by atoms with Crippen LogP contribution >= 0.6 is 11.6 Å². The number of benzene rings is 2. The van der Waals surface area contributed by atoms with Crippen LogP contribution in [0.4, 0.5) is 4.79 Å². The molecule has 0 bridgehead atoms. The molecule has 37 heavy (non-hydrogen) atoms. The highest BCUT2D eigenvalue weighted by atomic mass is 35.5. The highest BCUT2D eigenvalue weighted by molar-refractivity contribution is 6.61. The third kappa shape index (κ3) is 7.60. The Balaban J connectivity index is 0.000000208. The van der Waals surface area contributed by atoms with Gasteiger partial charge in [0.15, 0.2) is 0 Å². The molecule has 2 fully saturated rings. The van der Waals surface area contributed by atoms with Crippen molar-refractivity contribution in [1.29, 1.82) is 0 Å². The van der Waals surface area contributed by atoms with Crippen molar-refractivity contribution < 1.29 is 14.6 Å². The van der Waals surface area contributed by atoms with Crippen LogP contribution in [-0.2, 0) is 15.6 Å². The summed E-state index contributed by atoms with van der Waals surface area (Å²) >= 11 is 5.46. The Labute approximate surface area is 230 Å². The van der Waals surface area contributed by atoms with Crippen molar-refractivity contribution >= 4 is 17.0 Å². The normalized spacial score (nSPS) is 28.5. The van der Waals surface area contributed by atoms with Crippen molar-refractivity contribution in [2.24, 2.45) is 23.7 Å². The molecule has 0 unspecified atom stereocenters. The third-order valence-electron chi connectivity index (χ3n) is 9.27. The molecule has 0 heterocycles. The van der Waals surface area contributed by atoms with E-state index in [1.807, 2.05) is 6.07 Å². The highest BCUT2D eigenvalue weighted by Crippen LogP contribution is 2.44. The molecule has 2 aliphatic rings. The Kier molecular flexibility index (Phi) is 10.3. The molecular formula is C33H47ClO3. The van der Waals surface area contributed by atoms with Crippen LogP contribution in [0.15, 0.2) is 60.7 Å². The zero-order valence-electron chi connectivity index (χ0n) is 23.6. The molecule has 0 aliphatic heterocycles. The fourth-order valence-corrected chi connectivity index (χ4v) is 6.87. The summed E-state index contributed by atoms with van der Waals surface area (Å²) in [5, 5.41) is 10.3. The first-order valence-electron chi connectivity index (χ1n) is 14.1. The number of carbonyl (C=O) groups excluding carboxylic acids is 1. The molecule has 4 rings (SSSR count). The van der Waals surface area contributed by atoms with Crippen LogP contribution in [0.1, 0.15) is 91.2 Å². The fraction of sp³-hybridized carbons (Fsp3) is 0.606. The van der Waals surface area contributed by atoms with Gasteiger partial charge in [-0.2, -0.15) is 0 Å². The molecule has 204 valence electrons. The van der Waals surface area contributed by atoms with Crippen LogP contribution in [0.2, 0.25) is 0 Å². The molecule has 1 N–H and O–H groups in total. The van der Waals surface area contributed by atoms with Gasteiger partial charge in [-0.25, -0.2) is 4.79 Å². The average Bonchev–Trinajstić information content (AvgIpc) is 2.85. The van der Waals surface area contributed by atoms with Crippen molar-refractivity contribution in [3.63, 3.8) is 0 Å². The molecule has 2 aromatic carbocycles. The number of carbonyl (C=O) groups is 1. The zero-order chi connectivity index (χ0) is 27.2. The molecule has 0 spiro atoms. The first-order chi connectivity index (χ1) is 17.4. The SMILES string of the molecule is C[C@@H]1CC[C@@H](C(C)(C)c2ccccc2)[C@H](O)C1.C[C@@H]1CC[C@@H](C(C)(C)c2ccccc2)[C@H](OC(=O)Cl)C1. The topological polar surface area (TPSA) is 46.5 Å².